The summed E-state index contributed by atoms with van der Waals surface area (Å²) in [6.45, 7) is 2.46. The molecular formula is C19H14BrClN4O. The topological polar surface area (TPSA) is 63.8 Å². The Morgan fingerprint density at radius 3 is 2.69 bits per heavy atom. The number of hydrogen-bond acceptors (Lipinski definition) is 5. The number of benzene rings is 2. The summed E-state index contributed by atoms with van der Waals surface area (Å²) in [7, 11) is 0. The minimum atomic E-state index is 0.538. The summed E-state index contributed by atoms with van der Waals surface area (Å²) < 4.78 is 6.59. The maximum Gasteiger partial charge on any atom is 0.228 e. The van der Waals surface area contributed by atoms with E-state index in [1.165, 1.54) is 0 Å². The zero-order chi connectivity index (χ0) is 18.1. The van der Waals surface area contributed by atoms with E-state index in [4.69, 9.17) is 16.1 Å². The fraction of sp³-hybridized carbons (Fsp3) is 0.105. The van der Waals surface area contributed by atoms with Crippen molar-refractivity contribution in [1.29, 1.82) is 0 Å². The van der Waals surface area contributed by atoms with Crippen molar-refractivity contribution >= 4 is 44.4 Å². The molecule has 0 radical (unpaired) electrons. The van der Waals surface area contributed by atoms with Gasteiger partial charge in [-0.25, -0.2) is 9.97 Å². The van der Waals surface area contributed by atoms with Gasteiger partial charge in [0.2, 0.25) is 5.58 Å². The van der Waals surface area contributed by atoms with Crippen LogP contribution in [0.3, 0.4) is 0 Å². The summed E-state index contributed by atoms with van der Waals surface area (Å²) in [4.78, 5) is 8.99. The molecule has 0 atom stereocenters. The third-order valence-electron chi connectivity index (χ3n) is 3.90. The van der Waals surface area contributed by atoms with Crippen LogP contribution in [-0.4, -0.2) is 15.1 Å². The molecule has 0 fully saturated rings. The smallest absolute Gasteiger partial charge is 0.228 e. The van der Waals surface area contributed by atoms with Gasteiger partial charge in [-0.2, -0.15) is 0 Å². The lowest BCUT2D eigenvalue weighted by molar-refractivity contribution is 0.459. The highest BCUT2D eigenvalue weighted by Crippen LogP contribution is 2.31. The second-order valence-electron chi connectivity index (χ2n) is 5.82. The highest BCUT2D eigenvalue weighted by atomic mass is 79.9. The van der Waals surface area contributed by atoms with Crippen molar-refractivity contribution in [2.75, 3.05) is 5.32 Å². The molecule has 0 saturated heterocycles. The highest BCUT2D eigenvalue weighted by Gasteiger charge is 2.17. The summed E-state index contributed by atoms with van der Waals surface area (Å²) in [6, 6.07) is 15.5. The second kappa shape index (κ2) is 7.05. The molecule has 0 bridgehead atoms. The molecule has 5 nitrogen and oxygen atoms in total. The van der Waals surface area contributed by atoms with Gasteiger partial charge >= 0.3 is 0 Å². The Bertz CT molecular complexity index is 1080. The van der Waals surface area contributed by atoms with Gasteiger partial charge in [0.1, 0.15) is 17.0 Å². The van der Waals surface area contributed by atoms with Crippen LogP contribution in [0.2, 0.25) is 5.02 Å². The fourth-order valence-corrected chi connectivity index (χ4v) is 3.27. The number of hydrogen-bond donors (Lipinski definition) is 1. The Labute approximate surface area is 163 Å². The normalized spacial score (nSPS) is 11.0. The summed E-state index contributed by atoms with van der Waals surface area (Å²) in [5.41, 5.74) is 3.91. The van der Waals surface area contributed by atoms with E-state index in [0.717, 1.165) is 15.6 Å². The Balaban J connectivity index is 1.71. The van der Waals surface area contributed by atoms with Crippen LogP contribution >= 0.6 is 27.5 Å². The molecule has 26 heavy (non-hydrogen) atoms. The lowest BCUT2D eigenvalue weighted by Gasteiger charge is -2.07. The molecule has 2 aromatic carbocycles. The molecule has 0 amide bonds. The molecule has 1 N–H and O–H groups in total. The van der Waals surface area contributed by atoms with E-state index in [-0.39, 0.29) is 0 Å². The van der Waals surface area contributed by atoms with Gasteiger partial charge in [-0.3, -0.25) is 0 Å². The molecule has 4 rings (SSSR count). The Morgan fingerprint density at radius 1 is 1.12 bits per heavy atom. The molecule has 0 aliphatic heterocycles. The first-order valence-electron chi connectivity index (χ1n) is 7.98. The van der Waals surface area contributed by atoms with Gasteiger partial charge < -0.3 is 9.84 Å². The molecule has 4 aromatic rings. The van der Waals surface area contributed by atoms with Gasteiger partial charge in [-0.05, 0) is 36.8 Å². The van der Waals surface area contributed by atoms with Gasteiger partial charge in [0.15, 0.2) is 5.82 Å². The fourth-order valence-electron chi connectivity index (χ4n) is 2.69. The predicted molar refractivity (Wildman–Crippen MR) is 106 cm³/mol. The van der Waals surface area contributed by atoms with Crippen LogP contribution in [0.25, 0.3) is 22.4 Å². The van der Waals surface area contributed by atoms with E-state index in [1.54, 1.807) is 0 Å². The van der Waals surface area contributed by atoms with Crippen molar-refractivity contribution in [2.45, 2.75) is 13.5 Å². The monoisotopic (exact) mass is 428 g/mol. The Morgan fingerprint density at radius 2 is 1.92 bits per heavy atom. The first-order chi connectivity index (χ1) is 12.6. The zero-order valence-electron chi connectivity index (χ0n) is 13.8. The second-order valence-corrected chi connectivity index (χ2v) is 7.17. The van der Waals surface area contributed by atoms with Crippen molar-refractivity contribution in [2.24, 2.45) is 0 Å². The van der Waals surface area contributed by atoms with Gasteiger partial charge in [-0.15, -0.1) is 0 Å². The van der Waals surface area contributed by atoms with Crippen LogP contribution in [0.15, 0.2) is 57.5 Å². The van der Waals surface area contributed by atoms with Crippen molar-refractivity contribution in [3.8, 4) is 11.3 Å². The van der Waals surface area contributed by atoms with Crippen molar-refractivity contribution in [3.63, 3.8) is 0 Å². The van der Waals surface area contributed by atoms with E-state index < -0.39 is 0 Å². The van der Waals surface area contributed by atoms with Gasteiger partial charge in [0, 0.05) is 21.6 Å². The first-order valence-corrected chi connectivity index (χ1v) is 9.15. The number of rotatable bonds is 4. The Kier molecular flexibility index (Phi) is 4.61. The number of halogens is 2. The first kappa shape index (κ1) is 17.0. The highest BCUT2D eigenvalue weighted by molar-refractivity contribution is 9.10. The zero-order valence-corrected chi connectivity index (χ0v) is 16.2. The van der Waals surface area contributed by atoms with Gasteiger partial charge in [0.25, 0.3) is 0 Å². The molecule has 0 aliphatic carbocycles. The number of aromatic nitrogens is 3. The molecule has 0 unspecified atom stereocenters. The van der Waals surface area contributed by atoms with E-state index in [9.17, 15) is 0 Å². The molecule has 0 saturated carbocycles. The molecule has 2 heterocycles. The lowest BCUT2D eigenvalue weighted by atomic mass is 10.1. The van der Waals surface area contributed by atoms with Crippen LogP contribution < -0.4 is 5.32 Å². The lowest BCUT2D eigenvalue weighted by Crippen LogP contribution is -2.03. The number of fused-ring (bicyclic) bond motifs is 1. The van der Waals surface area contributed by atoms with Gasteiger partial charge in [0.05, 0.1) is 0 Å². The minimum absolute atomic E-state index is 0.538. The largest absolute Gasteiger partial charge is 0.363 e. The summed E-state index contributed by atoms with van der Waals surface area (Å²) in [6.07, 6.45) is 0. The van der Waals surface area contributed by atoms with E-state index in [2.05, 4.69) is 42.4 Å². The third-order valence-corrected chi connectivity index (χ3v) is 4.64. The molecular weight excluding hydrogens is 416 g/mol. The summed E-state index contributed by atoms with van der Waals surface area (Å²) in [5, 5.41) is 8.19. The van der Waals surface area contributed by atoms with Crippen molar-refractivity contribution in [3.05, 3.63) is 69.4 Å². The summed E-state index contributed by atoms with van der Waals surface area (Å²) in [5.74, 6) is 1.27. The molecule has 130 valence electrons. The number of nitrogens with one attached hydrogen (secondary N) is 1. The molecule has 7 heteroatoms. The number of aryl methyl sites for hydroxylation is 1. The van der Waals surface area contributed by atoms with Gasteiger partial charge in [-0.1, -0.05) is 57.0 Å². The summed E-state index contributed by atoms with van der Waals surface area (Å²) >= 11 is 9.45. The van der Waals surface area contributed by atoms with Crippen LogP contribution in [0.5, 0.6) is 0 Å². The van der Waals surface area contributed by atoms with Crippen LogP contribution in [-0.2, 0) is 6.54 Å². The van der Waals surface area contributed by atoms with E-state index in [0.29, 0.717) is 40.0 Å². The van der Waals surface area contributed by atoms with Crippen molar-refractivity contribution < 1.29 is 4.52 Å². The minimum Gasteiger partial charge on any atom is -0.363 e. The maximum absolute atomic E-state index is 5.97. The Hall–Kier alpha value is -2.44. The van der Waals surface area contributed by atoms with Crippen molar-refractivity contribution in [1.82, 2.24) is 15.1 Å². The SMILES string of the molecule is Cc1nc(NCc2cccc(Br)c2)c2onc(-c3ccc(Cl)cc3)c2n1. The molecule has 2 aromatic heterocycles. The predicted octanol–water partition coefficient (Wildman–Crippen LogP) is 5.62. The third kappa shape index (κ3) is 3.43. The molecule has 0 aliphatic rings. The average molecular weight is 430 g/mol. The van der Waals surface area contributed by atoms with E-state index in [1.807, 2.05) is 49.4 Å². The van der Waals surface area contributed by atoms with Crippen LogP contribution in [0.4, 0.5) is 5.82 Å². The maximum atomic E-state index is 5.97. The quantitative estimate of drug-likeness (QED) is 0.456. The molecule has 0 spiro atoms. The van der Waals surface area contributed by atoms with Crippen LogP contribution in [0, 0.1) is 6.92 Å². The standard InChI is InChI=1S/C19H14BrClN4O/c1-11-23-17-16(13-5-7-15(21)8-6-13)25-26-18(17)19(24-11)22-10-12-3-2-4-14(20)9-12/h2-9H,10H2,1H3,(H,22,23,24). The van der Waals surface area contributed by atoms with E-state index >= 15 is 0 Å². The number of nitrogens with zero attached hydrogens (tertiary/aromatic N) is 3. The number of anilines is 1. The van der Waals surface area contributed by atoms with Crippen LogP contribution in [0.1, 0.15) is 11.4 Å². The average Bonchev–Trinajstić information content (AvgIpc) is 3.04.